The Morgan fingerprint density at radius 3 is 2.25 bits per heavy atom. The highest BCUT2D eigenvalue weighted by atomic mass is 79.9. The van der Waals surface area contributed by atoms with E-state index in [9.17, 15) is 8.78 Å². The van der Waals surface area contributed by atoms with Crippen molar-refractivity contribution in [1.29, 1.82) is 0 Å². The van der Waals surface area contributed by atoms with Crippen LogP contribution in [0.1, 0.15) is 17.6 Å². The summed E-state index contributed by atoms with van der Waals surface area (Å²) in [4.78, 5) is 0. The summed E-state index contributed by atoms with van der Waals surface area (Å²) in [5, 5.41) is 0. The second-order valence-electron chi connectivity index (χ2n) is 2.42. The molecule has 0 N–H and O–H groups in total. The summed E-state index contributed by atoms with van der Waals surface area (Å²) in [6, 6.07) is 3.11. The van der Waals surface area contributed by atoms with Crippen LogP contribution in [0.15, 0.2) is 21.1 Å². The van der Waals surface area contributed by atoms with Crippen molar-refractivity contribution in [2.75, 3.05) is 0 Å². The number of hydrogen-bond donors (Lipinski definition) is 0. The Labute approximate surface area is 86.2 Å². The number of alkyl halides is 2. The predicted octanol–water partition coefficient (Wildman–Crippen LogP) is 4.46. The average molecular weight is 300 g/mol. The molecule has 1 aromatic carbocycles. The highest BCUT2D eigenvalue weighted by Gasteiger charge is 2.12. The van der Waals surface area contributed by atoms with Crippen LogP contribution in [-0.4, -0.2) is 0 Å². The second-order valence-corrected chi connectivity index (χ2v) is 4.13. The summed E-state index contributed by atoms with van der Waals surface area (Å²) in [5.41, 5.74) is 0.957. The molecule has 0 spiro atoms. The van der Waals surface area contributed by atoms with Crippen LogP contribution in [0.5, 0.6) is 0 Å². The Morgan fingerprint density at radius 2 is 1.75 bits per heavy atom. The van der Waals surface area contributed by atoms with E-state index in [2.05, 4.69) is 31.9 Å². The second kappa shape index (κ2) is 3.83. The molecule has 0 aromatic heterocycles. The lowest BCUT2D eigenvalue weighted by molar-refractivity contribution is 0.150. The van der Waals surface area contributed by atoms with Gasteiger partial charge in [-0.25, -0.2) is 8.78 Å². The molecule has 0 atom stereocenters. The van der Waals surface area contributed by atoms with Gasteiger partial charge in [0, 0.05) is 14.5 Å². The minimum absolute atomic E-state index is 0.0208. The standard InChI is InChI=1S/C8H6Br2F2/c1-4-2-7(10)5(8(11)12)3-6(4)9/h2-3,8H,1H3. The van der Waals surface area contributed by atoms with E-state index in [-0.39, 0.29) is 5.56 Å². The zero-order chi connectivity index (χ0) is 9.30. The minimum atomic E-state index is -2.43. The molecule has 4 heteroatoms. The lowest BCUT2D eigenvalue weighted by Crippen LogP contribution is -1.88. The van der Waals surface area contributed by atoms with E-state index in [4.69, 9.17) is 0 Å². The monoisotopic (exact) mass is 298 g/mol. The van der Waals surface area contributed by atoms with Crippen molar-refractivity contribution in [3.05, 3.63) is 32.2 Å². The first-order chi connectivity index (χ1) is 5.52. The van der Waals surface area contributed by atoms with Gasteiger partial charge in [-0.1, -0.05) is 31.9 Å². The van der Waals surface area contributed by atoms with Gasteiger partial charge in [0.1, 0.15) is 0 Å². The fraction of sp³-hybridized carbons (Fsp3) is 0.250. The van der Waals surface area contributed by atoms with Crippen LogP contribution in [-0.2, 0) is 0 Å². The molecule has 0 saturated carbocycles. The van der Waals surface area contributed by atoms with Crippen molar-refractivity contribution in [3.63, 3.8) is 0 Å². The molecule has 0 radical (unpaired) electrons. The maximum atomic E-state index is 12.3. The SMILES string of the molecule is Cc1cc(Br)c(C(F)F)cc1Br. The number of halogens is 4. The van der Waals surface area contributed by atoms with Crippen LogP contribution in [0.2, 0.25) is 0 Å². The Balaban J connectivity index is 3.23. The summed E-state index contributed by atoms with van der Waals surface area (Å²) in [6.07, 6.45) is -2.43. The van der Waals surface area contributed by atoms with Gasteiger partial charge in [0.2, 0.25) is 0 Å². The van der Waals surface area contributed by atoms with Crippen LogP contribution >= 0.6 is 31.9 Å². The molecular formula is C8H6Br2F2. The first-order valence-electron chi connectivity index (χ1n) is 3.26. The van der Waals surface area contributed by atoms with Gasteiger partial charge >= 0.3 is 0 Å². The molecule has 1 aromatic rings. The molecule has 0 heterocycles. The summed E-state index contributed by atoms with van der Waals surface area (Å²) in [6.45, 7) is 1.85. The third-order valence-corrected chi connectivity index (χ3v) is 3.05. The van der Waals surface area contributed by atoms with Crippen LogP contribution in [0.3, 0.4) is 0 Å². The molecule has 0 aliphatic carbocycles. The highest BCUT2D eigenvalue weighted by molar-refractivity contribution is 9.11. The van der Waals surface area contributed by atoms with E-state index >= 15 is 0 Å². The van der Waals surface area contributed by atoms with Crippen LogP contribution in [0.25, 0.3) is 0 Å². The summed E-state index contributed by atoms with van der Waals surface area (Å²) in [5.74, 6) is 0. The smallest absolute Gasteiger partial charge is 0.205 e. The molecule has 0 amide bonds. The van der Waals surface area contributed by atoms with Crippen molar-refractivity contribution < 1.29 is 8.78 Å². The largest absolute Gasteiger partial charge is 0.264 e. The average Bonchev–Trinajstić information content (AvgIpc) is 1.96. The molecule has 0 bridgehead atoms. The molecule has 66 valence electrons. The number of hydrogen-bond acceptors (Lipinski definition) is 0. The van der Waals surface area contributed by atoms with E-state index in [0.717, 1.165) is 5.56 Å². The first kappa shape index (κ1) is 10.1. The summed E-state index contributed by atoms with van der Waals surface area (Å²) in [7, 11) is 0. The molecule has 0 aliphatic heterocycles. The Kier molecular flexibility index (Phi) is 3.23. The molecule has 0 fully saturated rings. The Morgan fingerprint density at radius 1 is 1.17 bits per heavy atom. The third-order valence-electron chi connectivity index (χ3n) is 1.51. The first-order valence-corrected chi connectivity index (χ1v) is 4.84. The van der Waals surface area contributed by atoms with Gasteiger partial charge in [0.15, 0.2) is 0 Å². The van der Waals surface area contributed by atoms with E-state index in [0.29, 0.717) is 8.95 Å². The Bertz CT molecular complexity index is 297. The lowest BCUT2D eigenvalue weighted by atomic mass is 10.2. The van der Waals surface area contributed by atoms with Gasteiger partial charge < -0.3 is 0 Å². The van der Waals surface area contributed by atoms with E-state index in [1.54, 1.807) is 6.07 Å². The molecule has 0 nitrogen and oxygen atoms in total. The Hall–Kier alpha value is 0.0400. The quantitative estimate of drug-likeness (QED) is 0.718. The van der Waals surface area contributed by atoms with Gasteiger partial charge in [0.25, 0.3) is 6.43 Å². The van der Waals surface area contributed by atoms with Crippen molar-refractivity contribution in [3.8, 4) is 0 Å². The van der Waals surface area contributed by atoms with E-state index in [1.165, 1.54) is 6.07 Å². The molecule has 1 rings (SSSR count). The number of aryl methyl sites for hydroxylation is 1. The number of rotatable bonds is 1. The summed E-state index contributed by atoms with van der Waals surface area (Å²) < 4.78 is 25.7. The fourth-order valence-electron chi connectivity index (χ4n) is 0.829. The molecule has 0 aliphatic rings. The fourth-order valence-corrected chi connectivity index (χ4v) is 1.82. The van der Waals surface area contributed by atoms with E-state index in [1.807, 2.05) is 6.92 Å². The van der Waals surface area contributed by atoms with Gasteiger partial charge in [-0.05, 0) is 24.6 Å². The number of benzene rings is 1. The zero-order valence-electron chi connectivity index (χ0n) is 6.24. The van der Waals surface area contributed by atoms with Crippen molar-refractivity contribution in [2.24, 2.45) is 0 Å². The highest BCUT2D eigenvalue weighted by Crippen LogP contribution is 2.31. The topological polar surface area (TPSA) is 0 Å². The van der Waals surface area contributed by atoms with Crippen LogP contribution < -0.4 is 0 Å². The van der Waals surface area contributed by atoms with Gasteiger partial charge in [-0.3, -0.25) is 0 Å². The van der Waals surface area contributed by atoms with Crippen molar-refractivity contribution in [1.82, 2.24) is 0 Å². The normalized spacial score (nSPS) is 10.8. The zero-order valence-corrected chi connectivity index (χ0v) is 9.42. The van der Waals surface area contributed by atoms with Crippen molar-refractivity contribution >= 4 is 31.9 Å². The van der Waals surface area contributed by atoms with Crippen LogP contribution in [0.4, 0.5) is 8.78 Å². The minimum Gasteiger partial charge on any atom is -0.205 e. The molecule has 0 unspecified atom stereocenters. The van der Waals surface area contributed by atoms with E-state index < -0.39 is 6.43 Å². The lowest BCUT2D eigenvalue weighted by Gasteiger charge is -2.05. The molecular weight excluding hydrogens is 294 g/mol. The van der Waals surface area contributed by atoms with Crippen LogP contribution in [0, 0.1) is 6.92 Å². The van der Waals surface area contributed by atoms with Gasteiger partial charge in [0.05, 0.1) is 0 Å². The summed E-state index contributed by atoms with van der Waals surface area (Å²) >= 11 is 6.28. The predicted molar refractivity (Wildman–Crippen MR) is 51.5 cm³/mol. The maximum Gasteiger partial charge on any atom is 0.264 e. The maximum absolute atomic E-state index is 12.3. The van der Waals surface area contributed by atoms with Gasteiger partial charge in [-0.2, -0.15) is 0 Å². The van der Waals surface area contributed by atoms with Gasteiger partial charge in [-0.15, -0.1) is 0 Å². The molecule has 12 heavy (non-hydrogen) atoms. The third kappa shape index (κ3) is 2.04. The van der Waals surface area contributed by atoms with Crippen molar-refractivity contribution in [2.45, 2.75) is 13.3 Å². The molecule has 0 saturated heterocycles.